The number of halogens is 2. The van der Waals surface area contributed by atoms with Crippen LogP contribution in [0.1, 0.15) is 27.0 Å². The second kappa shape index (κ2) is 6.66. The van der Waals surface area contributed by atoms with E-state index in [1.807, 2.05) is 0 Å². The van der Waals surface area contributed by atoms with Crippen LogP contribution < -0.4 is 11.3 Å². The Morgan fingerprint density at radius 3 is 2.68 bits per heavy atom. The van der Waals surface area contributed by atoms with Gasteiger partial charge >= 0.3 is 5.97 Å². The minimum absolute atomic E-state index is 0.0223. The van der Waals surface area contributed by atoms with Crippen molar-refractivity contribution in [3.63, 3.8) is 0 Å². The average molecular weight is 361 g/mol. The van der Waals surface area contributed by atoms with Crippen LogP contribution in [0.2, 0.25) is 5.02 Å². The van der Waals surface area contributed by atoms with Crippen molar-refractivity contribution in [2.24, 2.45) is 5.73 Å². The Morgan fingerprint density at radius 1 is 1.24 bits per heavy atom. The second-order valence-corrected chi connectivity index (χ2v) is 5.99. The Bertz CT molecular complexity index is 1050. The number of carboxylic acid groups (broad SMARTS) is 1. The fourth-order valence-corrected chi connectivity index (χ4v) is 2.93. The van der Waals surface area contributed by atoms with E-state index >= 15 is 0 Å². The number of aromatic nitrogens is 1. The van der Waals surface area contributed by atoms with Gasteiger partial charge in [-0.25, -0.2) is 9.18 Å². The molecule has 0 atom stereocenters. The highest BCUT2D eigenvalue weighted by atomic mass is 35.5. The number of nitrogens with zero attached hydrogens (tertiary/aromatic N) is 1. The summed E-state index contributed by atoms with van der Waals surface area (Å²) in [5.41, 5.74) is 6.73. The van der Waals surface area contributed by atoms with Crippen LogP contribution in [0.5, 0.6) is 0 Å². The zero-order chi connectivity index (χ0) is 18.1. The zero-order valence-electron chi connectivity index (χ0n) is 13.0. The molecule has 0 aliphatic rings. The van der Waals surface area contributed by atoms with Gasteiger partial charge in [0.1, 0.15) is 11.4 Å². The summed E-state index contributed by atoms with van der Waals surface area (Å²) in [7, 11) is 0. The molecule has 2 aromatic heterocycles. The first-order valence-electron chi connectivity index (χ1n) is 7.45. The molecule has 0 bridgehead atoms. The molecule has 0 unspecified atom stereocenters. The van der Waals surface area contributed by atoms with Gasteiger partial charge in [-0.15, -0.1) is 0 Å². The molecule has 3 aromatic rings. The first-order valence-corrected chi connectivity index (χ1v) is 7.83. The van der Waals surface area contributed by atoms with Gasteiger partial charge in [0, 0.05) is 19.2 Å². The molecule has 0 saturated carbocycles. The lowest BCUT2D eigenvalue weighted by atomic mass is 10.0. The number of pyridine rings is 2. The van der Waals surface area contributed by atoms with Crippen molar-refractivity contribution in [1.29, 1.82) is 0 Å². The first kappa shape index (κ1) is 17.1. The Hall–Kier alpha value is -2.70. The number of hydrogen-bond donors (Lipinski definition) is 2. The summed E-state index contributed by atoms with van der Waals surface area (Å²) in [5.74, 6) is -1.83. The van der Waals surface area contributed by atoms with Crippen LogP contribution >= 0.6 is 11.6 Å². The number of rotatable bonds is 4. The molecule has 3 N–H and O–H groups in total. The molecule has 5 nitrogen and oxygen atoms in total. The Balaban J connectivity index is 2.16. The minimum atomic E-state index is -1.32. The molecule has 25 heavy (non-hydrogen) atoms. The molecule has 128 valence electrons. The molecule has 0 radical (unpaired) electrons. The minimum Gasteiger partial charge on any atom is -0.477 e. The van der Waals surface area contributed by atoms with E-state index in [0.29, 0.717) is 22.2 Å². The summed E-state index contributed by atoms with van der Waals surface area (Å²) in [6.45, 7) is 0.0896. The molecule has 0 amide bonds. The monoisotopic (exact) mass is 360 g/mol. The summed E-state index contributed by atoms with van der Waals surface area (Å²) < 4.78 is 15.3. The average Bonchev–Trinajstić information content (AvgIpc) is 2.59. The Kier molecular flexibility index (Phi) is 4.57. The predicted molar refractivity (Wildman–Crippen MR) is 92.7 cm³/mol. The third kappa shape index (κ3) is 3.14. The molecule has 0 aliphatic carbocycles. The molecule has 0 saturated heterocycles. The lowest BCUT2D eigenvalue weighted by Crippen LogP contribution is -2.24. The number of aromatic carboxylic acids is 1. The fraction of sp³-hybridized carbons (Fsp3) is 0.111. The van der Waals surface area contributed by atoms with E-state index in [-0.39, 0.29) is 23.6 Å². The van der Waals surface area contributed by atoms with Gasteiger partial charge in [-0.1, -0.05) is 29.8 Å². The molecule has 2 heterocycles. The second-order valence-electron chi connectivity index (χ2n) is 5.58. The van der Waals surface area contributed by atoms with Gasteiger partial charge in [0.25, 0.3) is 5.56 Å². The maximum atomic E-state index is 14.1. The van der Waals surface area contributed by atoms with E-state index in [0.717, 1.165) is 0 Å². The summed E-state index contributed by atoms with van der Waals surface area (Å²) in [4.78, 5) is 23.7. The topological polar surface area (TPSA) is 84.8 Å². The standard InChI is InChI=1S/C18H14ClFN2O3/c19-14-3-1-2-11(16(14)20)6-10-4-5-15-12(8-21)7-13(18(24)25)17(23)22(15)9-10/h1-5,7,9H,6,8,21H2,(H,24,25). The number of carbonyl (C=O) groups is 1. The molecule has 0 spiro atoms. The number of hydrogen-bond acceptors (Lipinski definition) is 3. The number of benzene rings is 1. The van der Waals surface area contributed by atoms with Crippen LogP contribution in [0.25, 0.3) is 5.52 Å². The fourth-order valence-electron chi connectivity index (χ4n) is 2.74. The normalized spacial score (nSPS) is 11.0. The van der Waals surface area contributed by atoms with Gasteiger partial charge in [0.05, 0.1) is 10.5 Å². The summed E-state index contributed by atoms with van der Waals surface area (Å²) in [6.07, 6.45) is 1.72. The summed E-state index contributed by atoms with van der Waals surface area (Å²) in [6, 6.07) is 9.41. The largest absolute Gasteiger partial charge is 0.477 e. The molecule has 0 fully saturated rings. The van der Waals surface area contributed by atoms with E-state index in [9.17, 15) is 19.1 Å². The van der Waals surface area contributed by atoms with E-state index in [1.54, 1.807) is 24.3 Å². The molecule has 0 aliphatic heterocycles. The van der Waals surface area contributed by atoms with Crippen LogP contribution in [-0.2, 0) is 13.0 Å². The number of carboxylic acids is 1. The van der Waals surface area contributed by atoms with Crippen LogP contribution in [0.3, 0.4) is 0 Å². The van der Waals surface area contributed by atoms with E-state index in [4.69, 9.17) is 17.3 Å². The van der Waals surface area contributed by atoms with E-state index in [1.165, 1.54) is 22.7 Å². The van der Waals surface area contributed by atoms with Crippen molar-refractivity contribution in [1.82, 2.24) is 4.40 Å². The lowest BCUT2D eigenvalue weighted by Gasteiger charge is -2.11. The van der Waals surface area contributed by atoms with Crippen LogP contribution in [-0.4, -0.2) is 15.5 Å². The van der Waals surface area contributed by atoms with Crippen LogP contribution in [0, 0.1) is 5.82 Å². The lowest BCUT2D eigenvalue weighted by molar-refractivity contribution is 0.0694. The Morgan fingerprint density at radius 2 is 2.00 bits per heavy atom. The third-order valence-corrected chi connectivity index (χ3v) is 4.27. The van der Waals surface area contributed by atoms with E-state index in [2.05, 4.69) is 0 Å². The smallest absolute Gasteiger partial charge is 0.341 e. The van der Waals surface area contributed by atoms with Gasteiger partial charge in [-0.3, -0.25) is 9.20 Å². The molecule has 1 aromatic carbocycles. The van der Waals surface area contributed by atoms with Crippen LogP contribution in [0.4, 0.5) is 4.39 Å². The van der Waals surface area contributed by atoms with Crippen molar-refractivity contribution < 1.29 is 14.3 Å². The maximum Gasteiger partial charge on any atom is 0.341 e. The SMILES string of the molecule is NCc1cc(C(=O)O)c(=O)n2cc(Cc3cccc(Cl)c3F)ccc12. The van der Waals surface area contributed by atoms with Crippen LogP contribution in [0.15, 0.2) is 47.4 Å². The van der Waals surface area contributed by atoms with Crippen molar-refractivity contribution in [3.8, 4) is 0 Å². The van der Waals surface area contributed by atoms with Crippen molar-refractivity contribution >= 4 is 23.1 Å². The quantitative estimate of drug-likeness (QED) is 0.749. The van der Waals surface area contributed by atoms with Gasteiger partial charge in [0.2, 0.25) is 0 Å². The van der Waals surface area contributed by atoms with Crippen molar-refractivity contribution in [2.45, 2.75) is 13.0 Å². The molecule has 3 rings (SSSR count). The van der Waals surface area contributed by atoms with Crippen molar-refractivity contribution in [3.05, 3.63) is 86.0 Å². The maximum absolute atomic E-state index is 14.1. The highest BCUT2D eigenvalue weighted by Gasteiger charge is 2.15. The first-order chi connectivity index (χ1) is 11.9. The van der Waals surface area contributed by atoms with Gasteiger partial charge in [-0.2, -0.15) is 0 Å². The molecular formula is C18H14ClFN2O3. The van der Waals surface area contributed by atoms with Gasteiger partial charge in [0.15, 0.2) is 0 Å². The number of fused-ring (bicyclic) bond motifs is 1. The van der Waals surface area contributed by atoms with Gasteiger partial charge < -0.3 is 10.8 Å². The number of nitrogens with two attached hydrogens (primary N) is 1. The molecule has 7 heteroatoms. The zero-order valence-corrected chi connectivity index (χ0v) is 13.8. The highest BCUT2D eigenvalue weighted by molar-refractivity contribution is 6.30. The summed E-state index contributed by atoms with van der Waals surface area (Å²) in [5, 5.41) is 9.22. The van der Waals surface area contributed by atoms with E-state index < -0.39 is 17.3 Å². The van der Waals surface area contributed by atoms with Gasteiger partial charge in [-0.05, 0) is 34.9 Å². The predicted octanol–water partition coefficient (Wildman–Crippen LogP) is 2.84. The Labute approximate surface area is 147 Å². The molecular weight excluding hydrogens is 347 g/mol. The third-order valence-electron chi connectivity index (χ3n) is 3.98. The van der Waals surface area contributed by atoms with Crippen molar-refractivity contribution in [2.75, 3.05) is 0 Å². The summed E-state index contributed by atoms with van der Waals surface area (Å²) >= 11 is 5.79. The highest BCUT2D eigenvalue weighted by Crippen LogP contribution is 2.21.